The van der Waals surface area contributed by atoms with Crippen molar-refractivity contribution in [1.82, 2.24) is 15.0 Å². The first kappa shape index (κ1) is 15.8. The average molecular weight is 307 g/mol. The molecule has 1 N–H and O–H groups in total. The summed E-state index contributed by atoms with van der Waals surface area (Å²) in [4.78, 5) is 11.3. The van der Waals surface area contributed by atoms with Gasteiger partial charge >= 0.3 is 5.97 Å². The summed E-state index contributed by atoms with van der Waals surface area (Å²) in [6.45, 7) is 0.138. The van der Waals surface area contributed by atoms with Crippen LogP contribution in [0.5, 0.6) is 11.5 Å². The molecule has 0 amide bonds. The Labute approximate surface area is 127 Å². The molecule has 2 rings (SSSR count). The molecule has 0 aliphatic rings. The van der Waals surface area contributed by atoms with Gasteiger partial charge in [0.05, 0.1) is 40.2 Å². The van der Waals surface area contributed by atoms with Crippen LogP contribution in [-0.4, -0.2) is 47.4 Å². The van der Waals surface area contributed by atoms with Crippen LogP contribution >= 0.6 is 0 Å². The van der Waals surface area contributed by atoms with E-state index in [4.69, 9.17) is 9.47 Å². The number of carbonyl (C=O) groups is 1. The van der Waals surface area contributed by atoms with Gasteiger partial charge in [0.1, 0.15) is 0 Å². The summed E-state index contributed by atoms with van der Waals surface area (Å²) in [7, 11) is 4.33. The topological polar surface area (TPSA) is 95.7 Å². The second kappa shape index (κ2) is 6.90. The van der Waals surface area contributed by atoms with Crippen molar-refractivity contribution in [2.45, 2.75) is 12.6 Å². The number of ether oxygens (including phenoxy) is 3. The third-order valence-electron chi connectivity index (χ3n) is 3.09. The van der Waals surface area contributed by atoms with Crippen molar-refractivity contribution >= 4 is 5.97 Å². The highest BCUT2D eigenvalue weighted by molar-refractivity contribution is 5.86. The lowest BCUT2D eigenvalue weighted by Gasteiger charge is -2.14. The maximum Gasteiger partial charge on any atom is 0.360 e. The van der Waals surface area contributed by atoms with Gasteiger partial charge in [0, 0.05) is 0 Å². The van der Waals surface area contributed by atoms with E-state index in [0.29, 0.717) is 17.1 Å². The molecule has 2 aromatic rings. The number of hydrogen-bond acceptors (Lipinski definition) is 7. The molecule has 0 spiro atoms. The quantitative estimate of drug-likeness (QED) is 0.789. The highest BCUT2D eigenvalue weighted by Gasteiger charge is 2.15. The van der Waals surface area contributed by atoms with Gasteiger partial charge in [-0.05, 0) is 17.7 Å². The maximum atomic E-state index is 11.3. The molecule has 0 fully saturated rings. The van der Waals surface area contributed by atoms with Crippen LogP contribution in [0.1, 0.15) is 22.2 Å². The average Bonchev–Trinajstić information content (AvgIpc) is 3.01. The Balaban J connectivity index is 2.13. The summed E-state index contributed by atoms with van der Waals surface area (Å²) in [5.41, 5.74) is 0.717. The molecule has 0 aliphatic carbocycles. The number of aliphatic hydroxyl groups excluding tert-OH is 1. The Hall–Kier alpha value is -2.61. The Morgan fingerprint density at radius 1 is 1.27 bits per heavy atom. The molecule has 0 radical (unpaired) electrons. The molecule has 0 bridgehead atoms. The summed E-state index contributed by atoms with van der Waals surface area (Å²) < 4.78 is 16.3. The molecule has 1 aromatic heterocycles. The fraction of sp³-hybridized carbons (Fsp3) is 0.357. The van der Waals surface area contributed by atoms with Crippen molar-refractivity contribution in [2.75, 3.05) is 21.3 Å². The van der Waals surface area contributed by atoms with Gasteiger partial charge in [0.2, 0.25) is 0 Å². The Bertz CT molecular complexity index is 656. The van der Waals surface area contributed by atoms with Crippen molar-refractivity contribution in [3.63, 3.8) is 0 Å². The Kier molecular flexibility index (Phi) is 4.95. The van der Waals surface area contributed by atoms with Gasteiger partial charge in [-0.3, -0.25) is 0 Å². The zero-order chi connectivity index (χ0) is 16.1. The molecule has 22 heavy (non-hydrogen) atoms. The van der Waals surface area contributed by atoms with Gasteiger partial charge in [-0.15, -0.1) is 5.10 Å². The van der Waals surface area contributed by atoms with Gasteiger partial charge in [0.15, 0.2) is 17.2 Å². The lowest BCUT2D eigenvalue weighted by atomic mass is 10.1. The number of benzene rings is 1. The Morgan fingerprint density at radius 3 is 2.64 bits per heavy atom. The summed E-state index contributed by atoms with van der Waals surface area (Å²) >= 11 is 0. The predicted octanol–water partition coefficient (Wildman–Crippen LogP) is 0.815. The van der Waals surface area contributed by atoms with E-state index in [2.05, 4.69) is 15.0 Å². The number of aliphatic hydroxyl groups is 1. The number of methoxy groups -OCH3 is 3. The largest absolute Gasteiger partial charge is 0.493 e. The maximum absolute atomic E-state index is 11.3. The smallest absolute Gasteiger partial charge is 0.360 e. The predicted molar refractivity (Wildman–Crippen MR) is 75.9 cm³/mol. The van der Waals surface area contributed by atoms with Crippen LogP contribution in [-0.2, 0) is 11.3 Å². The fourth-order valence-corrected chi connectivity index (χ4v) is 1.93. The Morgan fingerprint density at radius 2 is 2.00 bits per heavy atom. The minimum atomic E-state index is -0.841. The summed E-state index contributed by atoms with van der Waals surface area (Å²) in [6.07, 6.45) is 0.572. The second-order valence-corrected chi connectivity index (χ2v) is 4.45. The summed E-state index contributed by atoms with van der Waals surface area (Å²) in [6, 6.07) is 5.12. The van der Waals surface area contributed by atoms with Gasteiger partial charge in [0.25, 0.3) is 0 Å². The molecule has 0 saturated heterocycles. The number of rotatable bonds is 6. The van der Waals surface area contributed by atoms with Crippen LogP contribution in [0.4, 0.5) is 0 Å². The van der Waals surface area contributed by atoms with E-state index in [1.165, 1.54) is 32.2 Å². The zero-order valence-corrected chi connectivity index (χ0v) is 12.5. The van der Waals surface area contributed by atoms with E-state index in [1.54, 1.807) is 18.2 Å². The number of esters is 1. The molecule has 118 valence electrons. The number of carbonyl (C=O) groups excluding carboxylic acids is 1. The molecule has 0 saturated carbocycles. The third kappa shape index (κ3) is 3.34. The fourth-order valence-electron chi connectivity index (χ4n) is 1.93. The molecule has 8 heteroatoms. The van der Waals surface area contributed by atoms with E-state index in [0.717, 1.165) is 0 Å². The van der Waals surface area contributed by atoms with Crippen molar-refractivity contribution < 1.29 is 24.1 Å². The molecule has 8 nitrogen and oxygen atoms in total. The van der Waals surface area contributed by atoms with Crippen molar-refractivity contribution in [3.8, 4) is 11.5 Å². The molecular formula is C14H17N3O5. The van der Waals surface area contributed by atoms with E-state index in [1.807, 2.05) is 0 Å². The normalized spacial score (nSPS) is 11.8. The molecule has 1 unspecified atom stereocenters. The number of aromatic nitrogens is 3. The summed E-state index contributed by atoms with van der Waals surface area (Å²) in [5.74, 6) is 0.520. The van der Waals surface area contributed by atoms with Crippen LogP contribution in [0.2, 0.25) is 0 Å². The van der Waals surface area contributed by atoms with Crippen molar-refractivity contribution in [3.05, 3.63) is 35.7 Å². The third-order valence-corrected chi connectivity index (χ3v) is 3.09. The molecular weight excluding hydrogens is 290 g/mol. The molecule has 1 aromatic carbocycles. The summed E-state index contributed by atoms with van der Waals surface area (Å²) in [5, 5.41) is 17.7. The van der Waals surface area contributed by atoms with Gasteiger partial charge in [-0.25, -0.2) is 9.48 Å². The van der Waals surface area contributed by atoms with E-state index in [-0.39, 0.29) is 12.2 Å². The molecule has 1 heterocycles. The van der Waals surface area contributed by atoms with Crippen LogP contribution in [0.25, 0.3) is 0 Å². The highest BCUT2D eigenvalue weighted by atomic mass is 16.5. The van der Waals surface area contributed by atoms with Gasteiger partial charge in [-0.1, -0.05) is 11.3 Å². The highest BCUT2D eigenvalue weighted by Crippen LogP contribution is 2.30. The first-order chi connectivity index (χ1) is 10.6. The number of nitrogens with zero attached hydrogens (tertiary/aromatic N) is 3. The van der Waals surface area contributed by atoms with E-state index in [9.17, 15) is 9.90 Å². The number of hydrogen-bond donors (Lipinski definition) is 1. The first-order valence-electron chi connectivity index (χ1n) is 6.47. The van der Waals surface area contributed by atoms with Gasteiger partial charge < -0.3 is 19.3 Å². The lowest BCUT2D eigenvalue weighted by molar-refractivity contribution is 0.0593. The van der Waals surface area contributed by atoms with Crippen LogP contribution in [0.3, 0.4) is 0 Å². The van der Waals surface area contributed by atoms with Crippen LogP contribution in [0, 0.1) is 0 Å². The van der Waals surface area contributed by atoms with Crippen molar-refractivity contribution in [2.24, 2.45) is 0 Å². The molecule has 1 atom stereocenters. The van der Waals surface area contributed by atoms with Crippen LogP contribution in [0.15, 0.2) is 24.4 Å². The SMILES string of the molecule is COC(=O)c1cn(CC(O)c2ccc(OC)c(OC)c2)nn1. The second-order valence-electron chi connectivity index (χ2n) is 4.45. The van der Waals surface area contributed by atoms with E-state index >= 15 is 0 Å². The lowest BCUT2D eigenvalue weighted by Crippen LogP contribution is -2.09. The monoisotopic (exact) mass is 307 g/mol. The minimum Gasteiger partial charge on any atom is -0.493 e. The standard InChI is InChI=1S/C14H17N3O5/c1-20-12-5-4-9(6-13(12)21-2)11(18)8-17-7-10(15-16-17)14(19)22-3/h4-7,11,18H,8H2,1-3H3. The van der Waals surface area contributed by atoms with Crippen molar-refractivity contribution in [1.29, 1.82) is 0 Å². The minimum absolute atomic E-state index is 0.0852. The van der Waals surface area contributed by atoms with Gasteiger partial charge in [-0.2, -0.15) is 0 Å². The molecule has 0 aliphatic heterocycles. The van der Waals surface area contributed by atoms with Crippen LogP contribution < -0.4 is 9.47 Å². The van der Waals surface area contributed by atoms with E-state index < -0.39 is 12.1 Å². The zero-order valence-electron chi connectivity index (χ0n) is 12.5. The first-order valence-corrected chi connectivity index (χ1v) is 6.47.